The van der Waals surface area contributed by atoms with E-state index in [1.807, 2.05) is 0 Å². The Morgan fingerprint density at radius 1 is 1.00 bits per heavy atom. The number of aromatic amines is 1. The summed E-state index contributed by atoms with van der Waals surface area (Å²) in [6.07, 6.45) is 0. The molecule has 124 valence electrons. The average molecular weight is 337 g/mol. The lowest BCUT2D eigenvalue weighted by molar-refractivity contribution is -0.0584. The highest BCUT2D eigenvalue weighted by Gasteiger charge is 2.38. The summed E-state index contributed by atoms with van der Waals surface area (Å²) in [6, 6.07) is 10.7. The Balaban J connectivity index is 1.65. The van der Waals surface area contributed by atoms with E-state index in [0.29, 0.717) is 16.1 Å². The molecule has 1 aliphatic rings. The van der Waals surface area contributed by atoms with Gasteiger partial charge in [0.15, 0.2) is 0 Å². The van der Waals surface area contributed by atoms with Crippen LogP contribution in [0.1, 0.15) is 31.1 Å². The molecule has 25 heavy (non-hydrogen) atoms. The summed E-state index contributed by atoms with van der Waals surface area (Å²) in [5.74, 6) is -2.25. The molecule has 1 aromatic heterocycles. The highest BCUT2D eigenvalue weighted by atomic mass is 16.7. The van der Waals surface area contributed by atoms with Crippen LogP contribution in [-0.4, -0.2) is 32.4 Å². The summed E-state index contributed by atoms with van der Waals surface area (Å²) in [7, 11) is 1.56. The van der Waals surface area contributed by atoms with Crippen LogP contribution in [-0.2, 0) is 11.9 Å². The monoisotopic (exact) mass is 337 g/mol. The molecule has 0 spiro atoms. The number of imide groups is 1. The van der Waals surface area contributed by atoms with Gasteiger partial charge < -0.3 is 9.82 Å². The fourth-order valence-electron chi connectivity index (χ4n) is 2.74. The molecule has 1 aliphatic heterocycles. The number of nitrogens with zero attached hydrogens (tertiary/aromatic N) is 2. The molecule has 0 saturated heterocycles. The van der Waals surface area contributed by atoms with E-state index in [4.69, 9.17) is 4.84 Å². The second kappa shape index (κ2) is 5.17. The quantitative estimate of drug-likeness (QED) is 0.709. The number of carbonyl (C=O) groups is 3. The van der Waals surface area contributed by atoms with E-state index in [-0.39, 0.29) is 22.4 Å². The molecule has 0 saturated carbocycles. The van der Waals surface area contributed by atoms with E-state index in [9.17, 15) is 19.2 Å². The average Bonchev–Trinajstić information content (AvgIpc) is 3.04. The molecule has 3 aromatic rings. The number of amides is 2. The second-order valence-corrected chi connectivity index (χ2v) is 5.55. The number of fused-ring (bicyclic) bond motifs is 2. The Hall–Kier alpha value is -3.68. The third-order valence-corrected chi connectivity index (χ3v) is 4.07. The van der Waals surface area contributed by atoms with Gasteiger partial charge in [-0.2, -0.15) is 0 Å². The zero-order valence-electron chi connectivity index (χ0n) is 13.0. The number of benzene rings is 2. The maximum Gasteiger partial charge on any atom is 0.364 e. The van der Waals surface area contributed by atoms with Gasteiger partial charge in [-0.05, 0) is 30.3 Å². The third-order valence-electron chi connectivity index (χ3n) is 4.07. The fraction of sp³-hybridized carbons (Fsp3) is 0.0588. The minimum Gasteiger partial charge on any atom is -0.324 e. The number of H-pyrrole nitrogens is 1. The van der Waals surface area contributed by atoms with E-state index in [1.54, 1.807) is 25.2 Å². The highest BCUT2D eigenvalue weighted by Crippen LogP contribution is 2.23. The van der Waals surface area contributed by atoms with Crippen LogP contribution in [0.5, 0.6) is 0 Å². The minimum atomic E-state index is -0.870. The molecule has 8 heteroatoms. The number of hydrogen-bond acceptors (Lipinski definition) is 5. The van der Waals surface area contributed by atoms with Gasteiger partial charge in [-0.3, -0.25) is 14.2 Å². The molecule has 1 N–H and O–H groups in total. The SMILES string of the molecule is Cn1c(=O)[nH]c2ccc(C(=O)ON3C(=O)c4ccccc4C3=O)cc21. The Kier molecular flexibility index (Phi) is 3.08. The maximum absolute atomic E-state index is 12.3. The molecule has 8 nitrogen and oxygen atoms in total. The lowest BCUT2D eigenvalue weighted by Gasteiger charge is -2.12. The summed E-state index contributed by atoms with van der Waals surface area (Å²) in [5.41, 5.74) is 1.22. The maximum atomic E-state index is 12.3. The summed E-state index contributed by atoms with van der Waals surface area (Å²) in [5, 5.41) is 0.452. The van der Waals surface area contributed by atoms with Crippen molar-refractivity contribution in [2.24, 2.45) is 7.05 Å². The molecule has 0 fully saturated rings. The van der Waals surface area contributed by atoms with Crippen molar-refractivity contribution in [2.45, 2.75) is 0 Å². The van der Waals surface area contributed by atoms with Crippen LogP contribution in [0.25, 0.3) is 11.0 Å². The lowest BCUT2D eigenvalue weighted by atomic mass is 10.1. The van der Waals surface area contributed by atoms with Crippen molar-refractivity contribution in [3.8, 4) is 0 Å². The first-order valence-electron chi connectivity index (χ1n) is 7.36. The molecule has 2 amide bonds. The number of hydroxylamine groups is 2. The number of nitrogens with one attached hydrogen (secondary N) is 1. The van der Waals surface area contributed by atoms with Gasteiger partial charge in [-0.1, -0.05) is 17.2 Å². The van der Waals surface area contributed by atoms with Gasteiger partial charge in [0, 0.05) is 7.05 Å². The van der Waals surface area contributed by atoms with Crippen LogP contribution in [0.4, 0.5) is 0 Å². The number of imidazole rings is 1. The molecule has 2 heterocycles. The van der Waals surface area contributed by atoms with Crippen LogP contribution in [0.3, 0.4) is 0 Å². The Bertz CT molecular complexity index is 1090. The summed E-state index contributed by atoms with van der Waals surface area (Å²) in [6.45, 7) is 0. The van der Waals surface area contributed by atoms with Crippen molar-refractivity contribution in [3.05, 3.63) is 69.6 Å². The molecular weight excluding hydrogens is 326 g/mol. The predicted molar refractivity (Wildman–Crippen MR) is 85.9 cm³/mol. The number of hydrogen-bond donors (Lipinski definition) is 1. The zero-order chi connectivity index (χ0) is 17.7. The Morgan fingerprint density at radius 2 is 1.64 bits per heavy atom. The standard InChI is InChI=1S/C17H11N3O5/c1-19-13-8-9(6-7-12(13)18-17(19)24)16(23)25-20-14(21)10-4-2-3-5-11(10)15(20)22/h2-8H,1H3,(H,18,24). The molecular formula is C17H11N3O5. The zero-order valence-corrected chi connectivity index (χ0v) is 13.0. The van der Waals surface area contributed by atoms with Crippen molar-refractivity contribution < 1.29 is 19.2 Å². The van der Waals surface area contributed by atoms with Crippen molar-refractivity contribution in [2.75, 3.05) is 0 Å². The normalized spacial score (nSPS) is 13.4. The van der Waals surface area contributed by atoms with Crippen LogP contribution in [0, 0.1) is 0 Å². The van der Waals surface area contributed by atoms with Crippen LogP contribution in [0.15, 0.2) is 47.3 Å². The molecule has 0 bridgehead atoms. The molecule has 4 rings (SSSR count). The van der Waals surface area contributed by atoms with Gasteiger partial charge in [0.2, 0.25) is 0 Å². The van der Waals surface area contributed by atoms with E-state index in [2.05, 4.69) is 4.98 Å². The van der Waals surface area contributed by atoms with E-state index >= 15 is 0 Å². The predicted octanol–water partition coefficient (Wildman–Crippen LogP) is 1.23. The fourth-order valence-corrected chi connectivity index (χ4v) is 2.74. The van der Waals surface area contributed by atoms with Crippen LogP contribution >= 0.6 is 0 Å². The van der Waals surface area contributed by atoms with Gasteiger partial charge in [0.05, 0.1) is 27.7 Å². The Morgan fingerprint density at radius 3 is 2.28 bits per heavy atom. The highest BCUT2D eigenvalue weighted by molar-refractivity contribution is 6.21. The van der Waals surface area contributed by atoms with Gasteiger partial charge in [-0.15, -0.1) is 0 Å². The minimum absolute atomic E-state index is 0.110. The largest absolute Gasteiger partial charge is 0.364 e. The van der Waals surface area contributed by atoms with Crippen LogP contribution < -0.4 is 5.69 Å². The van der Waals surface area contributed by atoms with Gasteiger partial charge >= 0.3 is 11.7 Å². The molecule has 0 radical (unpaired) electrons. The Labute approximate surface area is 140 Å². The van der Waals surface area contributed by atoms with Crippen molar-refractivity contribution in [1.29, 1.82) is 0 Å². The van der Waals surface area contributed by atoms with E-state index in [0.717, 1.165) is 0 Å². The first kappa shape index (κ1) is 14.9. The van der Waals surface area contributed by atoms with Gasteiger partial charge in [0.1, 0.15) is 0 Å². The molecule has 2 aromatic carbocycles. The van der Waals surface area contributed by atoms with Crippen molar-refractivity contribution in [1.82, 2.24) is 14.6 Å². The van der Waals surface area contributed by atoms with Gasteiger partial charge in [0.25, 0.3) is 11.8 Å². The topological polar surface area (TPSA) is 101 Å². The number of carbonyl (C=O) groups excluding carboxylic acids is 3. The summed E-state index contributed by atoms with van der Waals surface area (Å²) < 4.78 is 1.34. The van der Waals surface area contributed by atoms with E-state index in [1.165, 1.54) is 28.8 Å². The first-order valence-corrected chi connectivity index (χ1v) is 7.36. The molecule has 0 aliphatic carbocycles. The number of aromatic nitrogens is 2. The number of rotatable bonds is 2. The van der Waals surface area contributed by atoms with Gasteiger partial charge in [-0.25, -0.2) is 9.59 Å². The number of aryl methyl sites for hydroxylation is 1. The summed E-state index contributed by atoms with van der Waals surface area (Å²) >= 11 is 0. The molecule has 0 atom stereocenters. The molecule has 0 unspecified atom stereocenters. The summed E-state index contributed by atoms with van der Waals surface area (Å²) in [4.78, 5) is 56.0. The third kappa shape index (κ3) is 2.15. The van der Waals surface area contributed by atoms with Crippen molar-refractivity contribution in [3.63, 3.8) is 0 Å². The van der Waals surface area contributed by atoms with Crippen molar-refractivity contribution >= 4 is 28.8 Å². The smallest absolute Gasteiger partial charge is 0.324 e. The lowest BCUT2D eigenvalue weighted by Crippen LogP contribution is -2.32. The second-order valence-electron chi connectivity index (χ2n) is 5.55. The van der Waals surface area contributed by atoms with E-state index < -0.39 is 17.8 Å². The van der Waals surface area contributed by atoms with Crippen LogP contribution in [0.2, 0.25) is 0 Å². The first-order chi connectivity index (χ1) is 12.0.